The Morgan fingerprint density at radius 2 is 1.71 bits per heavy atom. The van der Waals surface area contributed by atoms with E-state index >= 15 is 0 Å². The Balaban J connectivity index is 1.14. The Morgan fingerprint density at radius 1 is 0.971 bits per heavy atom. The first-order valence-corrected chi connectivity index (χ1v) is 14.0. The number of anilines is 1. The summed E-state index contributed by atoms with van der Waals surface area (Å²) in [5, 5.41) is 4.46. The van der Waals surface area contributed by atoms with Crippen LogP contribution in [0.1, 0.15) is 49.8 Å². The average Bonchev–Trinajstić information content (AvgIpc) is 2.86. The summed E-state index contributed by atoms with van der Waals surface area (Å²) in [6, 6.07) is 8.93. The first kappa shape index (κ1) is 21.3. The van der Waals surface area contributed by atoms with Crippen LogP contribution in [0.4, 0.5) is 5.82 Å². The zero-order valence-corrected chi connectivity index (χ0v) is 20.4. The van der Waals surface area contributed by atoms with E-state index in [4.69, 9.17) is 0 Å². The van der Waals surface area contributed by atoms with Crippen molar-refractivity contribution in [3.8, 4) is 0 Å². The summed E-state index contributed by atoms with van der Waals surface area (Å²) >= 11 is 0. The van der Waals surface area contributed by atoms with E-state index < -0.39 is 10.0 Å². The molecule has 0 atom stereocenters. The Morgan fingerprint density at radius 3 is 2.49 bits per heavy atom. The number of hydrogen-bond donors (Lipinski definition) is 1. The summed E-state index contributed by atoms with van der Waals surface area (Å²) in [4.78, 5) is 13.5. The highest BCUT2D eigenvalue weighted by atomic mass is 32.2. The van der Waals surface area contributed by atoms with Crippen LogP contribution >= 0.6 is 0 Å². The van der Waals surface area contributed by atoms with Gasteiger partial charge in [0.25, 0.3) is 10.0 Å². The summed E-state index contributed by atoms with van der Waals surface area (Å²) in [5.74, 6) is 3.53. The van der Waals surface area contributed by atoms with Gasteiger partial charge in [0.2, 0.25) is 0 Å². The van der Waals surface area contributed by atoms with Crippen molar-refractivity contribution >= 4 is 32.8 Å². The second-order valence-electron chi connectivity index (χ2n) is 11.1. The van der Waals surface area contributed by atoms with Gasteiger partial charge in [0, 0.05) is 29.9 Å². The van der Waals surface area contributed by atoms with Gasteiger partial charge in [-0.1, -0.05) is 18.2 Å². The number of aromatic nitrogens is 3. The number of fused-ring (bicyclic) bond motifs is 2. The normalized spacial score (nSPS) is 28.9. The molecule has 1 aliphatic heterocycles. The Bertz CT molecular complexity index is 1410. The number of para-hydroxylation sites is 1. The largest absolute Gasteiger partial charge is 0.369 e. The Kier molecular flexibility index (Phi) is 4.72. The van der Waals surface area contributed by atoms with Crippen molar-refractivity contribution in [3.63, 3.8) is 0 Å². The smallest absolute Gasteiger partial charge is 0.266 e. The average molecular weight is 488 g/mol. The van der Waals surface area contributed by atoms with Crippen LogP contribution in [-0.2, 0) is 16.6 Å². The molecule has 3 aromatic rings. The number of nitrogens with zero attached hydrogens (tertiary/aromatic N) is 4. The molecule has 5 aliphatic rings. The molecular weight excluding hydrogens is 458 g/mol. The fourth-order valence-corrected chi connectivity index (χ4v) is 9.02. The molecule has 0 saturated heterocycles. The lowest BCUT2D eigenvalue weighted by Crippen LogP contribution is -2.49. The minimum absolute atomic E-state index is 0.173. The SMILES string of the molecule is O=S(=O)(c1cccc2cccnc12)N1C=Cc2c(ncnc2NCC23CC4CC(CC(C4)C2)C3)C1. The van der Waals surface area contributed by atoms with Gasteiger partial charge in [-0.15, -0.1) is 0 Å². The molecule has 0 spiro atoms. The molecular formula is C27H29N5O2S. The van der Waals surface area contributed by atoms with E-state index in [9.17, 15) is 8.42 Å². The van der Waals surface area contributed by atoms with Crippen LogP contribution in [0.25, 0.3) is 17.0 Å². The van der Waals surface area contributed by atoms with Gasteiger partial charge in [0.05, 0.1) is 17.8 Å². The summed E-state index contributed by atoms with van der Waals surface area (Å²) in [7, 11) is -3.78. The van der Waals surface area contributed by atoms with Crippen molar-refractivity contribution in [2.24, 2.45) is 23.2 Å². The van der Waals surface area contributed by atoms with Crippen LogP contribution in [0.5, 0.6) is 0 Å². The molecule has 0 amide bonds. The predicted octanol–water partition coefficient (Wildman–Crippen LogP) is 4.83. The lowest BCUT2D eigenvalue weighted by Gasteiger charge is -2.57. The van der Waals surface area contributed by atoms with Crippen LogP contribution in [0.3, 0.4) is 0 Å². The van der Waals surface area contributed by atoms with Crippen molar-refractivity contribution in [1.82, 2.24) is 19.3 Å². The third-order valence-corrected chi connectivity index (χ3v) is 10.4. The number of hydrogen-bond acceptors (Lipinski definition) is 6. The summed E-state index contributed by atoms with van der Waals surface area (Å²) in [6.45, 7) is 1.11. The molecule has 0 unspecified atom stereocenters. The van der Waals surface area contributed by atoms with E-state index in [1.54, 1.807) is 30.9 Å². The molecule has 8 rings (SSSR count). The molecule has 8 heteroatoms. The van der Waals surface area contributed by atoms with E-state index in [-0.39, 0.29) is 11.4 Å². The monoisotopic (exact) mass is 487 g/mol. The maximum absolute atomic E-state index is 13.6. The van der Waals surface area contributed by atoms with Crippen molar-refractivity contribution in [2.75, 3.05) is 11.9 Å². The van der Waals surface area contributed by atoms with Gasteiger partial charge in [0.15, 0.2) is 0 Å². The topological polar surface area (TPSA) is 88.1 Å². The predicted molar refractivity (Wildman–Crippen MR) is 135 cm³/mol. The second kappa shape index (κ2) is 7.75. The lowest BCUT2D eigenvalue weighted by atomic mass is 9.49. The van der Waals surface area contributed by atoms with Gasteiger partial charge in [-0.05, 0) is 79.9 Å². The van der Waals surface area contributed by atoms with Crippen LogP contribution in [0.15, 0.2) is 54.0 Å². The van der Waals surface area contributed by atoms with Crippen LogP contribution in [-0.4, -0.2) is 34.2 Å². The van der Waals surface area contributed by atoms with Crippen molar-refractivity contribution in [2.45, 2.75) is 50.0 Å². The highest BCUT2D eigenvalue weighted by Crippen LogP contribution is 2.60. The van der Waals surface area contributed by atoms with Crippen LogP contribution < -0.4 is 5.32 Å². The molecule has 3 heterocycles. The summed E-state index contributed by atoms with van der Waals surface area (Å²) < 4.78 is 28.5. The molecule has 35 heavy (non-hydrogen) atoms. The first-order chi connectivity index (χ1) is 17.0. The number of benzene rings is 1. The number of nitrogens with one attached hydrogen (secondary N) is 1. The molecule has 1 aromatic carbocycles. The highest BCUT2D eigenvalue weighted by Gasteiger charge is 2.50. The Labute approximate surface area is 205 Å². The van der Waals surface area contributed by atoms with Crippen LogP contribution in [0.2, 0.25) is 0 Å². The Hall–Kier alpha value is -3.00. The molecule has 4 fully saturated rings. The minimum atomic E-state index is -3.78. The third-order valence-electron chi connectivity index (χ3n) is 8.66. The number of rotatable bonds is 5. The second-order valence-corrected chi connectivity index (χ2v) is 12.9. The molecule has 2 aromatic heterocycles. The molecule has 4 bridgehead atoms. The van der Waals surface area contributed by atoms with Gasteiger partial charge in [-0.3, -0.25) is 9.29 Å². The molecule has 1 N–H and O–H groups in total. The van der Waals surface area contributed by atoms with E-state index in [1.807, 2.05) is 24.3 Å². The highest BCUT2D eigenvalue weighted by molar-refractivity contribution is 7.89. The summed E-state index contributed by atoms with van der Waals surface area (Å²) in [5.41, 5.74) is 2.48. The zero-order chi connectivity index (χ0) is 23.6. The first-order valence-electron chi connectivity index (χ1n) is 12.6. The van der Waals surface area contributed by atoms with Gasteiger partial charge in [0.1, 0.15) is 17.0 Å². The van der Waals surface area contributed by atoms with Crippen molar-refractivity contribution in [1.29, 1.82) is 0 Å². The number of pyridine rings is 1. The fraction of sp³-hybridized carbons (Fsp3) is 0.444. The van der Waals surface area contributed by atoms with E-state index in [1.165, 1.54) is 42.8 Å². The van der Waals surface area contributed by atoms with Gasteiger partial charge in [-0.25, -0.2) is 18.4 Å². The minimum Gasteiger partial charge on any atom is -0.369 e. The zero-order valence-electron chi connectivity index (χ0n) is 19.6. The maximum Gasteiger partial charge on any atom is 0.266 e. The molecule has 7 nitrogen and oxygen atoms in total. The lowest BCUT2D eigenvalue weighted by molar-refractivity contribution is -0.0444. The van der Waals surface area contributed by atoms with Gasteiger partial charge >= 0.3 is 0 Å². The third kappa shape index (κ3) is 3.53. The molecule has 180 valence electrons. The fourth-order valence-electron chi connectivity index (χ4n) is 7.59. The number of sulfonamides is 1. The summed E-state index contributed by atoms with van der Waals surface area (Å²) in [6.07, 6.45) is 14.9. The molecule has 0 radical (unpaired) electrons. The standard InChI is InChI=1S/C27H29N5O2S/c33-35(34,24-5-1-3-21-4-2-7-28-25(21)24)32-8-6-22-23(15-32)30-17-31-26(22)29-16-27-12-18-9-19(13-27)11-20(10-18)14-27/h1-8,17-20H,9-16H2,(H,29,30,31). The van der Waals surface area contributed by atoms with E-state index in [0.717, 1.165) is 41.1 Å². The molecule has 4 saturated carbocycles. The van der Waals surface area contributed by atoms with Gasteiger partial charge < -0.3 is 5.32 Å². The van der Waals surface area contributed by atoms with E-state index in [0.29, 0.717) is 16.6 Å². The van der Waals surface area contributed by atoms with E-state index in [2.05, 4.69) is 20.3 Å². The van der Waals surface area contributed by atoms with Crippen molar-refractivity contribution < 1.29 is 8.42 Å². The maximum atomic E-state index is 13.6. The quantitative estimate of drug-likeness (QED) is 0.555. The van der Waals surface area contributed by atoms with Gasteiger partial charge in [-0.2, -0.15) is 0 Å². The van der Waals surface area contributed by atoms with Crippen LogP contribution in [0, 0.1) is 23.2 Å². The van der Waals surface area contributed by atoms with Crippen molar-refractivity contribution in [3.05, 3.63) is 60.3 Å². The molecule has 4 aliphatic carbocycles.